The minimum atomic E-state index is -0.0880. The summed E-state index contributed by atoms with van der Waals surface area (Å²) in [5.74, 6) is 0.804. The fourth-order valence-electron chi connectivity index (χ4n) is 2.24. The van der Waals surface area contributed by atoms with Gasteiger partial charge in [0.25, 0.3) is 0 Å². The van der Waals surface area contributed by atoms with E-state index in [0.29, 0.717) is 0 Å². The zero-order chi connectivity index (χ0) is 13.2. The highest BCUT2D eigenvalue weighted by molar-refractivity contribution is 5.88. The number of rotatable bonds is 4. The fraction of sp³-hybridized carbons (Fsp3) is 0.312. The maximum Gasteiger partial charge on any atom is 0.309 e. The Balaban J connectivity index is 1.92. The molecule has 0 radical (unpaired) electrons. The molecule has 2 aromatic rings. The van der Waals surface area contributed by atoms with Crippen LogP contribution in [0, 0.1) is 5.92 Å². The smallest absolute Gasteiger partial charge is 0.309 e. The van der Waals surface area contributed by atoms with Gasteiger partial charge in [0, 0.05) is 5.56 Å². The van der Waals surface area contributed by atoms with Crippen LogP contribution in [0.25, 0.3) is 10.8 Å². The molecule has 0 aromatic heterocycles. The molecule has 3 heteroatoms. The van der Waals surface area contributed by atoms with Gasteiger partial charge in [-0.05, 0) is 29.7 Å². The number of fused-ring (bicyclic) bond motifs is 1. The van der Waals surface area contributed by atoms with Gasteiger partial charge in [-0.1, -0.05) is 30.3 Å². The lowest BCUT2D eigenvalue weighted by atomic mass is 10.0. The molecular formula is C16H16O3. The minimum Gasteiger partial charge on any atom is -0.496 e. The summed E-state index contributed by atoms with van der Waals surface area (Å²) in [5.41, 5.74) is 0.939. The van der Waals surface area contributed by atoms with E-state index >= 15 is 0 Å². The third kappa shape index (κ3) is 2.41. The van der Waals surface area contributed by atoms with Crippen LogP contribution < -0.4 is 4.74 Å². The van der Waals surface area contributed by atoms with Crippen molar-refractivity contribution in [3.63, 3.8) is 0 Å². The highest BCUT2D eigenvalue weighted by Gasteiger charge is 2.31. The van der Waals surface area contributed by atoms with Crippen LogP contribution in [0.15, 0.2) is 36.4 Å². The number of hydrogen-bond donors (Lipinski definition) is 0. The van der Waals surface area contributed by atoms with Crippen molar-refractivity contribution >= 4 is 16.7 Å². The SMILES string of the molecule is COc1ccc2ccccc2c1COC(=O)C1CC1. The first kappa shape index (κ1) is 12.0. The summed E-state index contributed by atoms with van der Waals surface area (Å²) in [5, 5.41) is 2.20. The summed E-state index contributed by atoms with van der Waals surface area (Å²) in [6, 6.07) is 12.0. The second kappa shape index (κ2) is 4.92. The predicted octanol–water partition coefficient (Wildman–Crippen LogP) is 3.30. The number of benzene rings is 2. The van der Waals surface area contributed by atoms with E-state index in [9.17, 15) is 4.79 Å². The van der Waals surface area contributed by atoms with Crippen LogP contribution in [0.2, 0.25) is 0 Å². The van der Waals surface area contributed by atoms with Gasteiger partial charge in [0.15, 0.2) is 0 Å². The standard InChI is InChI=1S/C16H16O3/c1-18-15-9-8-11-4-2-3-5-13(11)14(15)10-19-16(17)12-6-7-12/h2-5,8-9,12H,6-7,10H2,1H3. The van der Waals surface area contributed by atoms with Crippen molar-refractivity contribution in [2.75, 3.05) is 7.11 Å². The lowest BCUT2D eigenvalue weighted by Crippen LogP contribution is -2.07. The zero-order valence-electron chi connectivity index (χ0n) is 10.9. The Hall–Kier alpha value is -2.03. The molecule has 1 aliphatic carbocycles. The summed E-state index contributed by atoms with van der Waals surface area (Å²) in [7, 11) is 1.64. The van der Waals surface area contributed by atoms with Crippen LogP contribution in [0.3, 0.4) is 0 Å². The number of ether oxygens (including phenoxy) is 2. The van der Waals surface area contributed by atoms with Crippen molar-refractivity contribution < 1.29 is 14.3 Å². The van der Waals surface area contributed by atoms with Crippen LogP contribution in [-0.4, -0.2) is 13.1 Å². The van der Waals surface area contributed by atoms with Crippen molar-refractivity contribution in [2.24, 2.45) is 5.92 Å². The van der Waals surface area contributed by atoms with Crippen molar-refractivity contribution in [3.05, 3.63) is 42.0 Å². The van der Waals surface area contributed by atoms with E-state index in [1.54, 1.807) is 7.11 Å². The molecular weight excluding hydrogens is 240 g/mol. The number of carbonyl (C=O) groups is 1. The summed E-state index contributed by atoms with van der Waals surface area (Å²) in [6.45, 7) is 0.278. The summed E-state index contributed by atoms with van der Waals surface area (Å²) >= 11 is 0. The van der Waals surface area contributed by atoms with Gasteiger partial charge in [-0.2, -0.15) is 0 Å². The lowest BCUT2D eigenvalue weighted by molar-refractivity contribution is -0.146. The molecule has 2 aromatic carbocycles. The van der Waals surface area contributed by atoms with Gasteiger partial charge in [0.1, 0.15) is 12.4 Å². The van der Waals surface area contributed by atoms with E-state index < -0.39 is 0 Å². The van der Waals surface area contributed by atoms with Gasteiger partial charge in [-0.15, -0.1) is 0 Å². The third-order valence-electron chi connectivity index (χ3n) is 3.49. The molecule has 3 nitrogen and oxygen atoms in total. The Morgan fingerprint density at radius 2 is 2.00 bits per heavy atom. The van der Waals surface area contributed by atoms with Crippen molar-refractivity contribution in [1.82, 2.24) is 0 Å². The molecule has 0 atom stereocenters. The molecule has 1 aliphatic rings. The van der Waals surface area contributed by atoms with E-state index in [0.717, 1.165) is 34.9 Å². The predicted molar refractivity (Wildman–Crippen MR) is 73.0 cm³/mol. The van der Waals surface area contributed by atoms with Crippen LogP contribution in [0.5, 0.6) is 5.75 Å². The number of carbonyl (C=O) groups excluding carboxylic acids is 1. The molecule has 1 fully saturated rings. The Kier molecular flexibility index (Phi) is 3.11. The van der Waals surface area contributed by atoms with Gasteiger partial charge in [0.2, 0.25) is 0 Å². The molecule has 0 saturated heterocycles. The normalized spacial score (nSPS) is 14.4. The van der Waals surface area contributed by atoms with Crippen molar-refractivity contribution in [3.8, 4) is 5.75 Å². The van der Waals surface area contributed by atoms with Crippen LogP contribution in [0.1, 0.15) is 18.4 Å². The molecule has 0 heterocycles. The lowest BCUT2D eigenvalue weighted by Gasteiger charge is -2.12. The third-order valence-corrected chi connectivity index (χ3v) is 3.49. The number of esters is 1. The maximum atomic E-state index is 11.7. The van der Waals surface area contributed by atoms with Gasteiger partial charge >= 0.3 is 5.97 Å². The van der Waals surface area contributed by atoms with E-state index in [1.165, 1.54) is 0 Å². The highest BCUT2D eigenvalue weighted by atomic mass is 16.5. The molecule has 0 N–H and O–H groups in total. The number of hydrogen-bond acceptors (Lipinski definition) is 3. The van der Waals surface area contributed by atoms with Crippen molar-refractivity contribution in [2.45, 2.75) is 19.4 Å². The van der Waals surface area contributed by atoms with E-state index in [4.69, 9.17) is 9.47 Å². The molecule has 0 unspecified atom stereocenters. The molecule has 19 heavy (non-hydrogen) atoms. The second-order valence-corrected chi connectivity index (χ2v) is 4.85. The maximum absolute atomic E-state index is 11.7. The molecule has 0 amide bonds. The van der Waals surface area contributed by atoms with Gasteiger partial charge in [-0.25, -0.2) is 0 Å². The Morgan fingerprint density at radius 3 is 2.74 bits per heavy atom. The first-order valence-electron chi connectivity index (χ1n) is 6.51. The minimum absolute atomic E-state index is 0.0880. The molecule has 0 aliphatic heterocycles. The molecule has 3 rings (SSSR count). The summed E-state index contributed by atoms with van der Waals surface area (Å²) in [6.07, 6.45) is 1.93. The fourth-order valence-corrected chi connectivity index (χ4v) is 2.24. The second-order valence-electron chi connectivity index (χ2n) is 4.85. The Bertz CT molecular complexity index is 614. The Morgan fingerprint density at radius 1 is 1.21 bits per heavy atom. The quantitative estimate of drug-likeness (QED) is 0.787. The summed E-state index contributed by atoms with van der Waals surface area (Å²) < 4.78 is 10.8. The van der Waals surface area contributed by atoms with Crippen LogP contribution >= 0.6 is 0 Å². The topological polar surface area (TPSA) is 35.5 Å². The summed E-state index contributed by atoms with van der Waals surface area (Å²) in [4.78, 5) is 11.7. The van der Waals surface area contributed by atoms with Crippen molar-refractivity contribution in [1.29, 1.82) is 0 Å². The van der Waals surface area contributed by atoms with E-state index in [1.807, 2.05) is 36.4 Å². The monoisotopic (exact) mass is 256 g/mol. The average molecular weight is 256 g/mol. The first-order valence-corrected chi connectivity index (χ1v) is 6.51. The van der Waals surface area contributed by atoms with Crippen LogP contribution in [-0.2, 0) is 16.1 Å². The van der Waals surface area contributed by atoms with Gasteiger partial charge in [0.05, 0.1) is 13.0 Å². The Labute approximate surface area is 112 Å². The molecule has 1 saturated carbocycles. The average Bonchev–Trinajstić information content (AvgIpc) is 3.28. The molecule has 0 spiro atoms. The van der Waals surface area contributed by atoms with Crippen LogP contribution in [0.4, 0.5) is 0 Å². The number of methoxy groups -OCH3 is 1. The molecule has 0 bridgehead atoms. The highest BCUT2D eigenvalue weighted by Crippen LogP contribution is 2.32. The zero-order valence-corrected chi connectivity index (χ0v) is 10.9. The van der Waals surface area contributed by atoms with E-state index in [-0.39, 0.29) is 18.5 Å². The largest absolute Gasteiger partial charge is 0.496 e. The molecule has 98 valence electrons. The first-order chi connectivity index (χ1) is 9.29. The van der Waals surface area contributed by atoms with Gasteiger partial charge in [-0.3, -0.25) is 4.79 Å². The van der Waals surface area contributed by atoms with Gasteiger partial charge < -0.3 is 9.47 Å². The van der Waals surface area contributed by atoms with E-state index in [2.05, 4.69) is 0 Å².